The number of halogens is 2. The molecule has 2 N–H and O–H groups in total. The van der Waals surface area contributed by atoms with Crippen LogP contribution in [0.1, 0.15) is 25.3 Å². The van der Waals surface area contributed by atoms with Crippen LogP contribution in [-0.2, 0) is 7.05 Å². The number of nitrogens with zero attached hydrogens (tertiary/aromatic N) is 2. The van der Waals surface area contributed by atoms with Gasteiger partial charge in [-0.2, -0.15) is 5.10 Å². The molecule has 1 aromatic heterocycles. The summed E-state index contributed by atoms with van der Waals surface area (Å²) in [6, 6.07) is 4.88. The Morgan fingerprint density at radius 1 is 1.39 bits per heavy atom. The lowest BCUT2D eigenvalue weighted by Gasteiger charge is -2.09. The van der Waals surface area contributed by atoms with Crippen molar-refractivity contribution in [1.29, 1.82) is 0 Å². The Morgan fingerprint density at radius 2 is 2.06 bits per heavy atom. The molecule has 0 fully saturated rings. The van der Waals surface area contributed by atoms with Crippen molar-refractivity contribution < 1.29 is 4.39 Å². The summed E-state index contributed by atoms with van der Waals surface area (Å²) in [5.41, 5.74) is 7.96. The summed E-state index contributed by atoms with van der Waals surface area (Å²) in [6.45, 7) is 4.04. The van der Waals surface area contributed by atoms with Gasteiger partial charge in [-0.05, 0) is 34.0 Å². The fourth-order valence-corrected chi connectivity index (χ4v) is 2.56. The minimum Gasteiger partial charge on any atom is -0.384 e. The van der Waals surface area contributed by atoms with Gasteiger partial charge >= 0.3 is 0 Å². The van der Waals surface area contributed by atoms with Gasteiger partial charge in [0.15, 0.2) is 0 Å². The smallest absolute Gasteiger partial charge is 0.133 e. The Balaban J connectivity index is 2.76. The minimum absolute atomic E-state index is 0.181. The third-order valence-electron chi connectivity index (χ3n) is 2.91. The average molecular weight is 312 g/mol. The first-order chi connectivity index (χ1) is 8.43. The van der Waals surface area contributed by atoms with Gasteiger partial charge in [-0.15, -0.1) is 0 Å². The van der Waals surface area contributed by atoms with Crippen LogP contribution in [0.4, 0.5) is 10.2 Å². The highest BCUT2D eigenvalue weighted by Crippen LogP contribution is 2.37. The zero-order valence-corrected chi connectivity index (χ0v) is 12.1. The molecule has 0 amide bonds. The van der Waals surface area contributed by atoms with Crippen LogP contribution in [0.25, 0.3) is 11.3 Å². The molecule has 0 spiro atoms. The van der Waals surface area contributed by atoms with E-state index in [-0.39, 0.29) is 11.7 Å². The van der Waals surface area contributed by atoms with E-state index in [9.17, 15) is 4.39 Å². The van der Waals surface area contributed by atoms with Crippen molar-refractivity contribution in [3.8, 4) is 11.3 Å². The molecular weight excluding hydrogens is 297 g/mol. The third-order valence-corrected chi connectivity index (χ3v) is 3.57. The van der Waals surface area contributed by atoms with E-state index in [0.29, 0.717) is 21.5 Å². The monoisotopic (exact) mass is 311 g/mol. The first kappa shape index (κ1) is 13.1. The van der Waals surface area contributed by atoms with Gasteiger partial charge in [0.05, 0.1) is 5.56 Å². The predicted octanol–water partition coefficient (Wildman–Crippen LogP) is 3.69. The molecular formula is C13H15BrFN3. The van der Waals surface area contributed by atoms with Crippen molar-refractivity contribution in [3.63, 3.8) is 0 Å². The van der Waals surface area contributed by atoms with Crippen LogP contribution in [0.5, 0.6) is 0 Å². The number of hydrogen-bond donors (Lipinski definition) is 1. The molecule has 3 nitrogen and oxygen atoms in total. The Kier molecular flexibility index (Phi) is 3.43. The summed E-state index contributed by atoms with van der Waals surface area (Å²) >= 11 is 3.37. The molecule has 0 aliphatic rings. The molecule has 0 atom stereocenters. The van der Waals surface area contributed by atoms with Gasteiger partial charge in [-0.25, -0.2) is 4.39 Å². The SMILES string of the molecule is CC(C)c1c(-c2c(F)cccc2Br)nn(C)c1N. The number of aryl methyl sites for hydroxylation is 1. The standard InChI is InChI=1S/C13H15BrFN3/c1-7(2)10-12(17-18(3)13(10)16)11-8(14)5-4-6-9(11)15/h4-7H,16H2,1-3H3. The maximum Gasteiger partial charge on any atom is 0.133 e. The summed E-state index contributed by atoms with van der Waals surface area (Å²) in [4.78, 5) is 0. The van der Waals surface area contributed by atoms with Gasteiger partial charge in [0.25, 0.3) is 0 Å². The highest BCUT2D eigenvalue weighted by atomic mass is 79.9. The van der Waals surface area contributed by atoms with Crippen molar-refractivity contribution in [3.05, 3.63) is 34.1 Å². The third kappa shape index (κ3) is 2.03. The number of nitrogen functional groups attached to an aromatic ring is 1. The molecule has 2 aromatic rings. The molecule has 0 aliphatic heterocycles. The van der Waals surface area contributed by atoms with Crippen molar-refractivity contribution in [2.45, 2.75) is 19.8 Å². The summed E-state index contributed by atoms with van der Waals surface area (Å²) in [5, 5.41) is 4.35. The van der Waals surface area contributed by atoms with Crippen molar-refractivity contribution in [2.75, 3.05) is 5.73 Å². The molecule has 0 unspecified atom stereocenters. The topological polar surface area (TPSA) is 43.8 Å². The van der Waals surface area contributed by atoms with Crippen molar-refractivity contribution in [1.82, 2.24) is 9.78 Å². The van der Waals surface area contributed by atoms with Gasteiger partial charge in [0.2, 0.25) is 0 Å². The molecule has 0 saturated carbocycles. The Labute approximate surface area is 114 Å². The van der Waals surface area contributed by atoms with Crippen LogP contribution in [0.2, 0.25) is 0 Å². The van der Waals surface area contributed by atoms with Gasteiger partial charge in [-0.1, -0.05) is 19.9 Å². The number of anilines is 1. The first-order valence-electron chi connectivity index (χ1n) is 5.70. The molecule has 0 saturated heterocycles. The maximum atomic E-state index is 14.0. The van der Waals surface area contributed by atoms with E-state index >= 15 is 0 Å². The number of rotatable bonds is 2. The van der Waals surface area contributed by atoms with Gasteiger partial charge in [0.1, 0.15) is 17.3 Å². The van der Waals surface area contributed by atoms with Gasteiger partial charge in [-0.3, -0.25) is 4.68 Å². The number of aromatic nitrogens is 2. The number of hydrogen-bond acceptors (Lipinski definition) is 2. The summed E-state index contributed by atoms with van der Waals surface area (Å²) in [6.07, 6.45) is 0. The van der Waals surface area contributed by atoms with E-state index in [1.807, 2.05) is 13.8 Å². The summed E-state index contributed by atoms with van der Waals surface area (Å²) in [7, 11) is 1.76. The lowest BCUT2D eigenvalue weighted by Crippen LogP contribution is -2.00. The molecule has 0 aliphatic carbocycles. The second-order valence-corrected chi connectivity index (χ2v) is 5.38. The van der Waals surface area contributed by atoms with Crippen molar-refractivity contribution in [2.24, 2.45) is 7.05 Å². The van der Waals surface area contributed by atoms with E-state index in [1.54, 1.807) is 23.9 Å². The van der Waals surface area contributed by atoms with Crippen LogP contribution in [0.3, 0.4) is 0 Å². The van der Waals surface area contributed by atoms with Crippen molar-refractivity contribution >= 4 is 21.7 Å². The highest BCUT2D eigenvalue weighted by molar-refractivity contribution is 9.10. The van der Waals surface area contributed by atoms with Crippen LogP contribution in [-0.4, -0.2) is 9.78 Å². The maximum absolute atomic E-state index is 14.0. The largest absolute Gasteiger partial charge is 0.384 e. The van der Waals surface area contributed by atoms with E-state index in [0.717, 1.165) is 5.56 Å². The van der Waals surface area contributed by atoms with Gasteiger partial charge in [0, 0.05) is 17.1 Å². The molecule has 5 heteroatoms. The molecule has 2 rings (SSSR count). The predicted molar refractivity (Wildman–Crippen MR) is 74.8 cm³/mol. The van der Waals surface area contributed by atoms with E-state index in [2.05, 4.69) is 21.0 Å². The van der Waals surface area contributed by atoms with E-state index < -0.39 is 0 Å². The Bertz CT molecular complexity index is 570. The first-order valence-corrected chi connectivity index (χ1v) is 6.49. The molecule has 1 aromatic carbocycles. The molecule has 0 radical (unpaired) electrons. The second-order valence-electron chi connectivity index (χ2n) is 4.52. The minimum atomic E-state index is -0.302. The Hall–Kier alpha value is -1.36. The fraction of sp³-hybridized carbons (Fsp3) is 0.308. The molecule has 1 heterocycles. The molecule has 96 valence electrons. The zero-order valence-electron chi connectivity index (χ0n) is 10.5. The van der Waals surface area contributed by atoms with Gasteiger partial charge < -0.3 is 5.73 Å². The lowest BCUT2D eigenvalue weighted by atomic mass is 9.98. The Morgan fingerprint density at radius 3 is 2.61 bits per heavy atom. The summed E-state index contributed by atoms with van der Waals surface area (Å²) in [5.74, 6) is 0.458. The molecule has 18 heavy (non-hydrogen) atoms. The quantitative estimate of drug-likeness (QED) is 0.919. The lowest BCUT2D eigenvalue weighted by molar-refractivity contribution is 0.629. The highest BCUT2D eigenvalue weighted by Gasteiger charge is 2.22. The average Bonchev–Trinajstić information content (AvgIpc) is 2.55. The van der Waals surface area contributed by atoms with Crippen LogP contribution < -0.4 is 5.73 Å². The number of nitrogens with two attached hydrogens (primary N) is 1. The van der Waals surface area contributed by atoms with Crippen LogP contribution in [0, 0.1) is 5.82 Å². The fourth-order valence-electron chi connectivity index (χ4n) is 2.03. The van der Waals surface area contributed by atoms with E-state index in [1.165, 1.54) is 6.07 Å². The second kappa shape index (κ2) is 4.72. The van der Waals surface area contributed by atoms with Crippen LogP contribution >= 0.6 is 15.9 Å². The zero-order chi connectivity index (χ0) is 13.4. The normalized spacial score (nSPS) is 11.2. The van der Waals surface area contributed by atoms with E-state index in [4.69, 9.17) is 5.73 Å². The number of benzene rings is 1. The molecule has 0 bridgehead atoms. The van der Waals surface area contributed by atoms with Crippen LogP contribution in [0.15, 0.2) is 22.7 Å². The summed E-state index contributed by atoms with van der Waals surface area (Å²) < 4.78 is 16.3.